The number of imidazole rings is 1. The standard InChI is InChI=1S/C33H55BrN4O5Si/c1-8-25(39)12-10-9-11-13-27(29-35-21-28(34)37(29)22-42-16-17-44(5,6)7)36-30(40)26-20-33(26)18-23-14-15-24(19-33)38(23)31(41)43-32(2,3)4/h21,23-24,26-27H,8-20,22H2,1-7H3,(H,36,40)/t23?,24?,26?,27-,33?/m0/s1. The van der Waals surface area contributed by atoms with Gasteiger partial charge in [0.05, 0.1) is 12.2 Å². The third-order valence-corrected chi connectivity index (χ3v) is 11.9. The van der Waals surface area contributed by atoms with Crippen LogP contribution in [0.4, 0.5) is 4.79 Å². The topological polar surface area (TPSA) is 103 Å². The molecule has 2 aliphatic heterocycles. The second-order valence-electron chi connectivity index (χ2n) is 15.6. The number of hydrogen-bond donors (Lipinski definition) is 1. The number of unbranched alkanes of at least 4 members (excludes halogenated alkanes) is 2. The molecule has 0 radical (unpaired) electrons. The molecule has 11 heteroatoms. The predicted octanol–water partition coefficient (Wildman–Crippen LogP) is 7.61. The van der Waals surface area contributed by atoms with Gasteiger partial charge in [-0.1, -0.05) is 39.4 Å². The maximum Gasteiger partial charge on any atom is 0.410 e. The van der Waals surface area contributed by atoms with Gasteiger partial charge in [0.15, 0.2) is 0 Å². The van der Waals surface area contributed by atoms with Gasteiger partial charge in [0, 0.05) is 45.5 Å². The first kappa shape index (κ1) is 35.1. The molecule has 3 aliphatic rings. The van der Waals surface area contributed by atoms with Gasteiger partial charge in [0.2, 0.25) is 5.91 Å². The summed E-state index contributed by atoms with van der Waals surface area (Å²) in [7, 11) is -1.21. The fraction of sp³-hybridized carbons (Fsp3) is 0.818. The summed E-state index contributed by atoms with van der Waals surface area (Å²) >= 11 is 3.65. The Hall–Kier alpha value is -1.72. The Kier molecular flexibility index (Phi) is 11.5. The number of rotatable bonds is 15. The Labute approximate surface area is 273 Å². The maximum absolute atomic E-state index is 13.9. The molecule has 1 aromatic heterocycles. The highest BCUT2D eigenvalue weighted by molar-refractivity contribution is 9.10. The van der Waals surface area contributed by atoms with Crippen molar-refractivity contribution in [2.45, 2.75) is 154 Å². The maximum atomic E-state index is 13.9. The summed E-state index contributed by atoms with van der Waals surface area (Å²) in [5.41, 5.74) is -0.552. The first-order valence-electron chi connectivity index (χ1n) is 16.7. The van der Waals surface area contributed by atoms with Crippen molar-refractivity contribution in [2.75, 3.05) is 6.61 Å². The van der Waals surface area contributed by atoms with Crippen LogP contribution in [0.1, 0.15) is 110 Å². The van der Waals surface area contributed by atoms with E-state index in [4.69, 9.17) is 14.5 Å². The van der Waals surface area contributed by atoms with Gasteiger partial charge in [-0.25, -0.2) is 9.78 Å². The summed E-state index contributed by atoms with van der Waals surface area (Å²) in [4.78, 5) is 45.3. The van der Waals surface area contributed by atoms with Crippen molar-refractivity contribution in [1.82, 2.24) is 19.8 Å². The number of piperidine rings is 1. The molecule has 2 amide bonds. The zero-order valence-corrected chi connectivity index (χ0v) is 30.6. The first-order chi connectivity index (χ1) is 20.6. The quantitative estimate of drug-likeness (QED) is 0.150. The number of fused-ring (bicyclic) bond motifs is 2. The summed E-state index contributed by atoms with van der Waals surface area (Å²) < 4.78 is 14.7. The van der Waals surface area contributed by atoms with Crippen LogP contribution in [0.3, 0.4) is 0 Å². The van der Waals surface area contributed by atoms with Gasteiger partial charge in [-0.3, -0.25) is 14.2 Å². The lowest BCUT2D eigenvalue weighted by Crippen LogP contribution is -2.49. The van der Waals surface area contributed by atoms with E-state index in [0.29, 0.717) is 32.0 Å². The Morgan fingerprint density at radius 2 is 1.80 bits per heavy atom. The molecule has 2 bridgehead atoms. The van der Waals surface area contributed by atoms with Crippen molar-refractivity contribution >= 4 is 41.8 Å². The number of nitrogens with zero attached hydrogens (tertiary/aromatic N) is 3. The minimum atomic E-state index is -1.21. The van der Waals surface area contributed by atoms with Gasteiger partial charge in [0.1, 0.15) is 28.5 Å². The van der Waals surface area contributed by atoms with Crippen molar-refractivity contribution in [1.29, 1.82) is 0 Å². The summed E-state index contributed by atoms with van der Waals surface area (Å²) in [6.45, 7) is 15.7. The van der Waals surface area contributed by atoms with Crippen LogP contribution in [0, 0.1) is 11.3 Å². The molecule has 1 aliphatic carbocycles. The largest absolute Gasteiger partial charge is 0.444 e. The third kappa shape index (κ3) is 9.18. The molecule has 1 N–H and O–H groups in total. The number of hydrogen-bond acceptors (Lipinski definition) is 6. The van der Waals surface area contributed by atoms with E-state index in [1.54, 1.807) is 6.20 Å². The Balaban J connectivity index is 1.41. The molecule has 1 aromatic rings. The van der Waals surface area contributed by atoms with E-state index in [-0.39, 0.29) is 41.5 Å². The molecule has 44 heavy (non-hydrogen) atoms. The van der Waals surface area contributed by atoms with Gasteiger partial charge < -0.3 is 19.7 Å². The predicted molar refractivity (Wildman–Crippen MR) is 178 cm³/mol. The van der Waals surface area contributed by atoms with Gasteiger partial charge in [-0.15, -0.1) is 0 Å². The fourth-order valence-electron chi connectivity index (χ4n) is 7.04. The van der Waals surface area contributed by atoms with E-state index in [0.717, 1.165) is 74.3 Å². The molecule has 3 heterocycles. The molecule has 248 valence electrons. The minimum absolute atomic E-state index is 0.0323. The first-order valence-corrected chi connectivity index (χ1v) is 21.2. The van der Waals surface area contributed by atoms with Crippen LogP contribution in [0.5, 0.6) is 0 Å². The van der Waals surface area contributed by atoms with Crippen LogP contribution in [0.25, 0.3) is 0 Å². The zero-order chi connectivity index (χ0) is 32.3. The number of nitrogens with one attached hydrogen (secondary N) is 1. The van der Waals surface area contributed by atoms with E-state index >= 15 is 0 Å². The summed E-state index contributed by atoms with van der Waals surface area (Å²) in [6.07, 6.45) is 10.8. The van der Waals surface area contributed by atoms with Crippen LogP contribution in [-0.2, 0) is 25.8 Å². The van der Waals surface area contributed by atoms with Crippen molar-refractivity contribution in [3.05, 3.63) is 16.6 Å². The average molecular weight is 696 g/mol. The number of amides is 2. The summed E-state index contributed by atoms with van der Waals surface area (Å²) in [5, 5.41) is 3.40. The fourth-order valence-corrected chi connectivity index (χ4v) is 8.18. The molecule has 1 spiro atoms. The summed E-state index contributed by atoms with van der Waals surface area (Å²) in [6, 6.07) is 1.13. The monoisotopic (exact) mass is 694 g/mol. The Morgan fingerprint density at radius 3 is 2.41 bits per heavy atom. The molecule has 4 atom stereocenters. The highest BCUT2D eigenvalue weighted by Crippen LogP contribution is 2.64. The van der Waals surface area contributed by atoms with E-state index in [2.05, 4.69) is 40.9 Å². The normalized spacial score (nSPS) is 25.3. The molecule has 1 saturated carbocycles. The number of aromatic nitrogens is 2. The molecule has 2 saturated heterocycles. The van der Waals surface area contributed by atoms with Gasteiger partial charge in [-0.2, -0.15) is 0 Å². The van der Waals surface area contributed by atoms with E-state index < -0.39 is 13.7 Å². The molecule has 3 unspecified atom stereocenters. The Morgan fingerprint density at radius 1 is 1.11 bits per heavy atom. The lowest BCUT2D eigenvalue weighted by molar-refractivity contribution is -0.124. The molecule has 3 fully saturated rings. The third-order valence-electron chi connectivity index (χ3n) is 9.54. The summed E-state index contributed by atoms with van der Waals surface area (Å²) in [5.74, 6) is 1.15. The van der Waals surface area contributed by atoms with E-state index in [1.165, 1.54) is 0 Å². The molecule has 9 nitrogen and oxygen atoms in total. The van der Waals surface area contributed by atoms with E-state index in [1.807, 2.05) is 37.2 Å². The van der Waals surface area contributed by atoms with Gasteiger partial charge in [-0.05, 0) is 93.1 Å². The molecular formula is C33H55BrN4O5Si. The molecular weight excluding hydrogens is 640 g/mol. The van der Waals surface area contributed by atoms with Crippen molar-refractivity contribution in [2.24, 2.45) is 11.3 Å². The van der Waals surface area contributed by atoms with Crippen LogP contribution < -0.4 is 5.32 Å². The zero-order valence-electron chi connectivity index (χ0n) is 28.0. The Bertz CT molecular complexity index is 1160. The second-order valence-corrected chi connectivity index (χ2v) is 22.0. The number of ether oxygens (including phenoxy) is 2. The lowest BCUT2D eigenvalue weighted by Gasteiger charge is -2.40. The number of carbonyl (C=O) groups excluding carboxylic acids is 3. The second kappa shape index (κ2) is 14.4. The van der Waals surface area contributed by atoms with Crippen LogP contribution in [0.15, 0.2) is 10.8 Å². The number of halogens is 1. The minimum Gasteiger partial charge on any atom is -0.444 e. The highest BCUT2D eigenvalue weighted by atomic mass is 79.9. The van der Waals surface area contributed by atoms with E-state index in [9.17, 15) is 14.4 Å². The van der Waals surface area contributed by atoms with Crippen molar-refractivity contribution in [3.63, 3.8) is 0 Å². The molecule has 0 aromatic carbocycles. The highest BCUT2D eigenvalue weighted by Gasteiger charge is 2.64. The van der Waals surface area contributed by atoms with Crippen LogP contribution >= 0.6 is 15.9 Å². The lowest BCUT2D eigenvalue weighted by atomic mass is 9.85. The SMILES string of the molecule is CCC(=O)CCCCC[C@H](NC(=O)C1CC12CC1CCC(C2)N1C(=O)OC(C)(C)C)c1ncc(Br)n1COCC[Si](C)(C)C. The molecule has 4 rings (SSSR count). The average Bonchev–Trinajstić information content (AvgIpc) is 3.36. The number of Topliss-reactive ketones (excluding diaryl/α,β-unsaturated/α-hetero) is 1. The number of ketones is 1. The number of carbonyl (C=O) groups is 3. The smallest absolute Gasteiger partial charge is 0.410 e. The van der Waals surface area contributed by atoms with Crippen molar-refractivity contribution < 1.29 is 23.9 Å². The van der Waals surface area contributed by atoms with Crippen LogP contribution in [0.2, 0.25) is 25.7 Å². The van der Waals surface area contributed by atoms with Crippen LogP contribution in [-0.4, -0.2) is 64.6 Å². The van der Waals surface area contributed by atoms with Gasteiger partial charge in [0.25, 0.3) is 0 Å². The van der Waals surface area contributed by atoms with Gasteiger partial charge >= 0.3 is 6.09 Å². The van der Waals surface area contributed by atoms with Crippen molar-refractivity contribution in [3.8, 4) is 0 Å².